The van der Waals surface area contributed by atoms with Gasteiger partial charge in [0.2, 0.25) is 11.8 Å². The zero-order chi connectivity index (χ0) is 23.1. The lowest BCUT2D eigenvalue weighted by Gasteiger charge is -2.60. The van der Waals surface area contributed by atoms with E-state index in [1.165, 1.54) is 19.3 Å². The lowest BCUT2D eigenvalue weighted by molar-refractivity contribution is -0.138. The molecule has 0 spiro atoms. The molecule has 4 aliphatic rings. The minimum absolute atomic E-state index is 0.0225. The van der Waals surface area contributed by atoms with Crippen molar-refractivity contribution in [1.29, 1.82) is 0 Å². The van der Waals surface area contributed by atoms with E-state index in [0.29, 0.717) is 29.4 Å². The van der Waals surface area contributed by atoms with E-state index >= 15 is 0 Å². The number of hydrogen-bond donors (Lipinski definition) is 0. The molecule has 6 rings (SSSR count). The molecule has 7 atom stereocenters. The van der Waals surface area contributed by atoms with Crippen LogP contribution < -0.4 is 0 Å². The van der Waals surface area contributed by atoms with Crippen LogP contribution in [0.3, 0.4) is 0 Å². The second-order valence-corrected chi connectivity index (χ2v) is 11.5. The normalized spacial score (nSPS) is 39.9. The average molecular weight is 447 g/mol. The van der Waals surface area contributed by atoms with Gasteiger partial charge in [-0.15, -0.1) is 0 Å². The quantitative estimate of drug-likeness (QED) is 0.630. The highest BCUT2D eigenvalue weighted by atomic mass is 16.2. The number of likely N-dealkylation sites (N-methyl/N-ethyl adjacent to an activating group) is 1. The lowest BCUT2D eigenvalue weighted by atomic mass is 9.47. The number of hydrogen-bond acceptors (Lipinski definition) is 4. The molecular weight excluding hydrogens is 412 g/mol. The Morgan fingerprint density at radius 1 is 1.12 bits per heavy atom. The molecule has 2 unspecified atom stereocenters. The Kier molecular flexibility index (Phi) is 4.47. The average Bonchev–Trinajstić information content (AvgIpc) is 3.34. The van der Waals surface area contributed by atoms with Crippen molar-refractivity contribution in [2.24, 2.45) is 28.6 Å². The maximum absolute atomic E-state index is 12.7. The van der Waals surface area contributed by atoms with Gasteiger partial charge in [0.05, 0.1) is 5.52 Å². The molecule has 0 aromatic carbocycles. The van der Waals surface area contributed by atoms with Crippen molar-refractivity contribution in [2.45, 2.75) is 71.3 Å². The van der Waals surface area contributed by atoms with E-state index in [1.807, 2.05) is 34.7 Å². The zero-order valence-electron chi connectivity index (χ0n) is 20.1. The molecule has 0 radical (unpaired) electrons. The summed E-state index contributed by atoms with van der Waals surface area (Å²) in [6, 6.07) is 4.16. The van der Waals surface area contributed by atoms with Gasteiger partial charge in [0.1, 0.15) is 5.82 Å². The summed E-state index contributed by atoms with van der Waals surface area (Å²) in [5.74, 6) is 3.26. The summed E-state index contributed by atoms with van der Waals surface area (Å²) in [6.45, 7) is 6.49. The number of pyridine rings is 1. The van der Waals surface area contributed by atoms with Gasteiger partial charge < -0.3 is 4.90 Å². The van der Waals surface area contributed by atoms with Crippen LogP contribution in [0.5, 0.6) is 0 Å². The van der Waals surface area contributed by atoms with Crippen molar-refractivity contribution in [3.63, 3.8) is 0 Å². The van der Waals surface area contributed by atoms with Crippen molar-refractivity contribution in [3.8, 4) is 0 Å². The summed E-state index contributed by atoms with van der Waals surface area (Å²) >= 11 is 0. The fraction of sp³-hybridized carbons (Fsp3) is 0.630. The molecule has 2 aromatic heterocycles. The summed E-state index contributed by atoms with van der Waals surface area (Å²) in [4.78, 5) is 36.4. The van der Waals surface area contributed by atoms with E-state index in [9.17, 15) is 9.59 Å². The molecule has 0 N–H and O–H groups in total. The molecule has 0 bridgehead atoms. The van der Waals surface area contributed by atoms with Gasteiger partial charge in [0.25, 0.3) is 0 Å². The van der Waals surface area contributed by atoms with Crippen molar-refractivity contribution in [1.82, 2.24) is 19.4 Å². The van der Waals surface area contributed by atoms with Crippen molar-refractivity contribution >= 4 is 23.0 Å². The Balaban J connectivity index is 1.38. The topological polar surface area (TPSA) is 68.1 Å². The number of amides is 1. The molecule has 0 saturated heterocycles. The molecule has 3 heterocycles. The van der Waals surface area contributed by atoms with E-state index in [0.717, 1.165) is 30.6 Å². The minimum atomic E-state index is 0.0225. The predicted molar refractivity (Wildman–Crippen MR) is 127 cm³/mol. The summed E-state index contributed by atoms with van der Waals surface area (Å²) < 4.78 is 1.83. The van der Waals surface area contributed by atoms with Gasteiger partial charge in [0, 0.05) is 37.5 Å². The SMILES string of the molecule is CC(=O)n1c(C2CC[C@H]3[C@@H]4CCC5N(C)C(=O)C=C[C@]5(C)[C@@H]4CC[C@]23C)nc2ncccc21. The third kappa shape index (κ3) is 2.72. The first-order valence-electron chi connectivity index (χ1n) is 12.6. The molecule has 33 heavy (non-hydrogen) atoms. The Hall–Kier alpha value is -2.50. The largest absolute Gasteiger partial charge is 0.338 e. The highest BCUT2D eigenvalue weighted by molar-refractivity contribution is 5.89. The van der Waals surface area contributed by atoms with E-state index in [4.69, 9.17) is 4.98 Å². The third-order valence-corrected chi connectivity index (χ3v) is 10.2. The Labute approximate surface area is 195 Å². The number of rotatable bonds is 1. The van der Waals surface area contributed by atoms with Crippen molar-refractivity contribution in [3.05, 3.63) is 36.3 Å². The molecular formula is C27H34N4O2. The fourth-order valence-electron chi connectivity index (χ4n) is 8.66. The zero-order valence-corrected chi connectivity index (χ0v) is 20.1. The van der Waals surface area contributed by atoms with Crippen molar-refractivity contribution < 1.29 is 9.59 Å². The lowest BCUT2D eigenvalue weighted by Crippen LogP contribution is -2.59. The van der Waals surface area contributed by atoms with Crippen LogP contribution in [0, 0.1) is 28.6 Å². The Bertz CT molecular complexity index is 1180. The van der Waals surface area contributed by atoms with E-state index in [-0.39, 0.29) is 28.6 Å². The molecule has 3 saturated carbocycles. The smallest absolute Gasteiger partial charge is 0.246 e. The van der Waals surface area contributed by atoms with Crippen LogP contribution in [0.1, 0.15) is 75.8 Å². The number of carbonyl (C=O) groups excluding carboxylic acids is 2. The molecule has 6 nitrogen and oxygen atoms in total. The number of imidazole rings is 1. The molecule has 3 fully saturated rings. The number of aromatic nitrogens is 3. The first kappa shape index (κ1) is 21.1. The van der Waals surface area contributed by atoms with E-state index in [1.54, 1.807) is 13.1 Å². The Morgan fingerprint density at radius 3 is 2.73 bits per heavy atom. The van der Waals surface area contributed by atoms with Crippen LogP contribution >= 0.6 is 0 Å². The second kappa shape index (κ2) is 7.00. The van der Waals surface area contributed by atoms with Gasteiger partial charge in [-0.3, -0.25) is 14.2 Å². The second-order valence-electron chi connectivity index (χ2n) is 11.5. The van der Waals surface area contributed by atoms with Gasteiger partial charge in [-0.2, -0.15) is 0 Å². The highest BCUT2D eigenvalue weighted by Gasteiger charge is 2.61. The molecule has 6 heteroatoms. The van der Waals surface area contributed by atoms with Gasteiger partial charge in [-0.05, 0) is 79.9 Å². The van der Waals surface area contributed by atoms with Crippen LogP contribution in [-0.2, 0) is 4.79 Å². The van der Waals surface area contributed by atoms with Crippen LogP contribution in [0.4, 0.5) is 0 Å². The molecule has 1 aliphatic heterocycles. The number of fused-ring (bicyclic) bond motifs is 6. The molecule has 2 aromatic rings. The third-order valence-electron chi connectivity index (χ3n) is 10.2. The summed E-state index contributed by atoms with van der Waals surface area (Å²) in [5, 5.41) is 0. The number of nitrogens with zero attached hydrogens (tertiary/aromatic N) is 4. The van der Waals surface area contributed by atoms with Crippen molar-refractivity contribution in [2.75, 3.05) is 7.05 Å². The summed E-state index contributed by atoms with van der Waals surface area (Å²) in [5.41, 5.74) is 1.70. The minimum Gasteiger partial charge on any atom is -0.338 e. The molecule has 1 amide bonds. The highest BCUT2D eigenvalue weighted by Crippen LogP contribution is 2.67. The number of carbonyl (C=O) groups is 2. The first-order valence-corrected chi connectivity index (χ1v) is 12.6. The van der Waals surface area contributed by atoms with Crippen LogP contribution in [0.2, 0.25) is 0 Å². The fourth-order valence-corrected chi connectivity index (χ4v) is 8.66. The van der Waals surface area contributed by atoms with E-state index in [2.05, 4.69) is 24.9 Å². The standard InChI is InChI=1S/C27H34N4O2/c1-16(32)31-21-6-5-15-28-24(21)29-25(31)20-9-8-18-17-7-10-22-27(3,14-12-23(33)30(22)4)19(17)11-13-26(18,20)2/h5-6,12,14-15,17-20,22H,7-11,13H2,1-4H3/t17-,18-,19+,20?,22?,26-,27+/m0/s1. The van der Waals surface area contributed by atoms with Gasteiger partial charge >= 0.3 is 0 Å². The summed E-state index contributed by atoms with van der Waals surface area (Å²) in [6.07, 6.45) is 12.7. The monoisotopic (exact) mass is 446 g/mol. The molecule has 174 valence electrons. The molecule has 3 aliphatic carbocycles. The van der Waals surface area contributed by atoms with Crippen LogP contribution in [0.25, 0.3) is 11.2 Å². The van der Waals surface area contributed by atoms with Crippen LogP contribution in [0.15, 0.2) is 30.5 Å². The van der Waals surface area contributed by atoms with Gasteiger partial charge in [0.15, 0.2) is 5.65 Å². The summed E-state index contributed by atoms with van der Waals surface area (Å²) in [7, 11) is 1.98. The van der Waals surface area contributed by atoms with Gasteiger partial charge in [-0.25, -0.2) is 9.97 Å². The maximum Gasteiger partial charge on any atom is 0.246 e. The van der Waals surface area contributed by atoms with E-state index < -0.39 is 0 Å². The van der Waals surface area contributed by atoms with Crippen LogP contribution in [-0.4, -0.2) is 44.3 Å². The predicted octanol–water partition coefficient (Wildman–Crippen LogP) is 4.81. The Morgan fingerprint density at radius 2 is 1.94 bits per heavy atom. The maximum atomic E-state index is 12.7. The first-order chi connectivity index (χ1) is 15.8. The van der Waals surface area contributed by atoms with Gasteiger partial charge in [-0.1, -0.05) is 19.9 Å².